The van der Waals surface area contributed by atoms with Crippen LogP contribution in [0.3, 0.4) is 0 Å². The number of amides is 2. The molecule has 226 valence electrons. The number of morpholine rings is 1. The van der Waals surface area contributed by atoms with E-state index < -0.39 is 40.0 Å². The van der Waals surface area contributed by atoms with Crippen molar-refractivity contribution in [3.05, 3.63) is 35.9 Å². The van der Waals surface area contributed by atoms with Crippen molar-refractivity contribution in [3.8, 4) is 0 Å². The number of hydrogen-bond acceptors (Lipinski definition) is 6. The molecule has 4 N–H and O–H groups in total. The number of benzene rings is 1. The molecule has 2 atom stereocenters. The number of nitrogens with zero attached hydrogens (tertiary/aromatic N) is 1. The number of unbranched alkanes of at least 4 members (excludes halogenated alkanes) is 6. The smallest absolute Gasteiger partial charge is 0.304 e. The summed E-state index contributed by atoms with van der Waals surface area (Å²) >= 11 is 0. The van der Waals surface area contributed by atoms with E-state index in [2.05, 4.69) is 22.3 Å². The van der Waals surface area contributed by atoms with E-state index in [1.54, 1.807) is 0 Å². The Bertz CT molecular complexity index is 1000. The van der Waals surface area contributed by atoms with Gasteiger partial charge in [0.2, 0.25) is 11.8 Å². The molecule has 0 radical (unpaired) electrons. The quantitative estimate of drug-likeness (QED) is 0.172. The number of rotatable bonds is 20. The van der Waals surface area contributed by atoms with Crippen molar-refractivity contribution in [2.75, 3.05) is 39.4 Å². The van der Waals surface area contributed by atoms with Gasteiger partial charge in [-0.3, -0.25) is 14.4 Å². The third-order valence-corrected chi connectivity index (χ3v) is 8.50. The predicted molar refractivity (Wildman–Crippen MR) is 153 cm³/mol. The van der Waals surface area contributed by atoms with Crippen LogP contribution in [0, 0.1) is 5.92 Å². The molecule has 1 aliphatic rings. The summed E-state index contributed by atoms with van der Waals surface area (Å²) in [5.74, 6) is -2.72. The SMILES string of the molecule is CCCCCCCCC[C@H](CC(=O)O)C(=O)N[C@H](Cc1ccccc1)C(=O)NCCNS(=O)(=O)N1CCOCC1. The summed E-state index contributed by atoms with van der Waals surface area (Å²) in [5, 5.41) is 14.9. The van der Waals surface area contributed by atoms with E-state index in [1.807, 2.05) is 30.3 Å². The number of aliphatic carboxylic acids is 1. The van der Waals surface area contributed by atoms with E-state index in [0.29, 0.717) is 19.6 Å². The lowest BCUT2D eigenvalue weighted by Gasteiger charge is -2.26. The lowest BCUT2D eigenvalue weighted by Crippen LogP contribution is -2.52. The lowest BCUT2D eigenvalue weighted by molar-refractivity contribution is -0.141. The van der Waals surface area contributed by atoms with Gasteiger partial charge in [-0.15, -0.1) is 0 Å². The molecule has 0 unspecified atom stereocenters. The van der Waals surface area contributed by atoms with Gasteiger partial charge in [0.15, 0.2) is 0 Å². The molecule has 12 heteroatoms. The molecule has 1 fully saturated rings. The molecule has 0 aromatic heterocycles. The zero-order valence-corrected chi connectivity index (χ0v) is 24.4. The molecule has 0 aliphatic carbocycles. The summed E-state index contributed by atoms with van der Waals surface area (Å²) < 4.78 is 33.8. The van der Waals surface area contributed by atoms with Gasteiger partial charge in [-0.1, -0.05) is 82.2 Å². The Morgan fingerprint density at radius 3 is 2.25 bits per heavy atom. The fourth-order valence-electron chi connectivity index (χ4n) is 4.60. The van der Waals surface area contributed by atoms with Gasteiger partial charge in [-0.05, 0) is 12.0 Å². The third kappa shape index (κ3) is 13.2. The molecule has 40 heavy (non-hydrogen) atoms. The summed E-state index contributed by atoms with van der Waals surface area (Å²) in [7, 11) is -3.68. The summed E-state index contributed by atoms with van der Waals surface area (Å²) in [6.45, 7) is 3.37. The van der Waals surface area contributed by atoms with Gasteiger partial charge in [-0.2, -0.15) is 12.7 Å². The molecule has 11 nitrogen and oxygen atoms in total. The number of nitrogens with one attached hydrogen (secondary N) is 3. The molecule has 2 amide bonds. The number of carboxylic acids is 1. The van der Waals surface area contributed by atoms with E-state index in [1.165, 1.54) is 23.6 Å². The number of carbonyl (C=O) groups is 3. The number of carboxylic acid groups (broad SMARTS) is 1. The van der Waals surface area contributed by atoms with Gasteiger partial charge in [-0.25, -0.2) is 4.72 Å². The fraction of sp³-hybridized carbons (Fsp3) is 0.679. The molecule has 1 aliphatic heterocycles. The first-order valence-electron chi connectivity index (χ1n) is 14.4. The van der Waals surface area contributed by atoms with Crippen LogP contribution >= 0.6 is 0 Å². The second-order valence-electron chi connectivity index (χ2n) is 10.2. The standard InChI is InChI=1S/C28H46N4O7S/c1-2-3-4-5-6-7-11-14-24(22-26(33)34)27(35)31-25(21-23-12-9-8-10-13-23)28(36)29-15-16-30-40(37,38)32-17-19-39-20-18-32/h8-10,12-13,24-25,30H,2-7,11,14-22H2,1H3,(H,29,36)(H,31,35)(H,33,34)/t24-,25-/m1/s1. The second kappa shape index (κ2) is 18.7. The summed E-state index contributed by atoms with van der Waals surface area (Å²) in [4.78, 5) is 37.7. The van der Waals surface area contributed by atoms with Crippen LogP contribution in [0.1, 0.15) is 70.3 Å². The lowest BCUT2D eigenvalue weighted by atomic mass is 9.95. The van der Waals surface area contributed by atoms with Gasteiger partial charge >= 0.3 is 5.97 Å². The topological polar surface area (TPSA) is 154 Å². The summed E-state index contributed by atoms with van der Waals surface area (Å²) in [6.07, 6.45) is 7.77. The second-order valence-corrected chi connectivity index (χ2v) is 11.9. The Balaban J connectivity index is 1.94. The predicted octanol–water partition coefficient (Wildman–Crippen LogP) is 2.23. The van der Waals surface area contributed by atoms with Gasteiger partial charge < -0.3 is 20.5 Å². The molecule has 0 spiro atoms. The van der Waals surface area contributed by atoms with Crippen LogP contribution in [0.4, 0.5) is 0 Å². The van der Waals surface area contributed by atoms with Crippen molar-refractivity contribution < 1.29 is 32.6 Å². The van der Waals surface area contributed by atoms with Crippen molar-refractivity contribution in [1.82, 2.24) is 19.7 Å². The normalized spacial score (nSPS) is 15.7. The highest BCUT2D eigenvalue weighted by Gasteiger charge is 2.28. The molecular formula is C28H46N4O7S. The third-order valence-electron chi connectivity index (χ3n) is 6.88. The van der Waals surface area contributed by atoms with Crippen LogP contribution in [0.5, 0.6) is 0 Å². The Morgan fingerprint density at radius 1 is 0.950 bits per heavy atom. The highest BCUT2D eigenvalue weighted by atomic mass is 32.2. The Hall–Kier alpha value is -2.54. The van der Waals surface area contributed by atoms with Crippen LogP contribution in [-0.4, -0.2) is 81.0 Å². The van der Waals surface area contributed by atoms with E-state index in [-0.39, 0.29) is 39.0 Å². The first-order chi connectivity index (χ1) is 19.2. The largest absolute Gasteiger partial charge is 0.481 e. The number of hydrogen-bond donors (Lipinski definition) is 4. The molecule has 2 rings (SSSR count). The molecule has 1 saturated heterocycles. The minimum absolute atomic E-state index is 0.0165. The molecule has 1 aromatic rings. The maximum atomic E-state index is 13.2. The summed E-state index contributed by atoms with van der Waals surface area (Å²) in [5.41, 5.74) is 0.831. The van der Waals surface area contributed by atoms with Crippen molar-refractivity contribution in [2.24, 2.45) is 5.92 Å². The van der Waals surface area contributed by atoms with Crippen LogP contribution in [0.2, 0.25) is 0 Å². The van der Waals surface area contributed by atoms with E-state index in [4.69, 9.17) is 4.74 Å². The van der Waals surface area contributed by atoms with E-state index in [9.17, 15) is 27.9 Å². The van der Waals surface area contributed by atoms with Gasteiger partial charge in [0, 0.05) is 38.5 Å². The number of carbonyl (C=O) groups excluding carboxylic acids is 2. The van der Waals surface area contributed by atoms with Crippen molar-refractivity contribution in [3.63, 3.8) is 0 Å². The molecule has 0 saturated carbocycles. The van der Waals surface area contributed by atoms with Crippen LogP contribution < -0.4 is 15.4 Å². The minimum atomic E-state index is -3.68. The average molecular weight is 583 g/mol. The summed E-state index contributed by atoms with van der Waals surface area (Å²) in [6, 6.07) is 8.27. The van der Waals surface area contributed by atoms with E-state index >= 15 is 0 Å². The first-order valence-corrected chi connectivity index (χ1v) is 15.8. The maximum Gasteiger partial charge on any atom is 0.304 e. The fourth-order valence-corrected chi connectivity index (χ4v) is 5.77. The monoisotopic (exact) mass is 582 g/mol. The average Bonchev–Trinajstić information content (AvgIpc) is 2.94. The Kier molecular flexibility index (Phi) is 15.8. The van der Waals surface area contributed by atoms with Crippen molar-refractivity contribution in [2.45, 2.75) is 77.2 Å². The van der Waals surface area contributed by atoms with Gasteiger partial charge in [0.05, 0.1) is 19.6 Å². The molecule has 1 aromatic carbocycles. The van der Waals surface area contributed by atoms with Gasteiger partial charge in [0.25, 0.3) is 10.2 Å². The van der Waals surface area contributed by atoms with Crippen LogP contribution in [0.15, 0.2) is 30.3 Å². The Morgan fingerprint density at radius 2 is 1.60 bits per heavy atom. The first kappa shape index (κ1) is 33.7. The Labute approximate surface area is 238 Å². The van der Waals surface area contributed by atoms with Crippen molar-refractivity contribution in [1.29, 1.82) is 0 Å². The molecule has 1 heterocycles. The van der Waals surface area contributed by atoms with Crippen LogP contribution in [0.25, 0.3) is 0 Å². The number of ether oxygens (including phenoxy) is 1. The van der Waals surface area contributed by atoms with Gasteiger partial charge in [0.1, 0.15) is 6.04 Å². The zero-order chi connectivity index (χ0) is 29.2. The molecule has 0 bridgehead atoms. The maximum absolute atomic E-state index is 13.2. The zero-order valence-electron chi connectivity index (χ0n) is 23.6. The van der Waals surface area contributed by atoms with Crippen molar-refractivity contribution >= 4 is 28.0 Å². The van der Waals surface area contributed by atoms with E-state index in [0.717, 1.165) is 31.2 Å². The molecular weight excluding hydrogens is 536 g/mol. The minimum Gasteiger partial charge on any atom is -0.481 e. The highest BCUT2D eigenvalue weighted by Crippen LogP contribution is 2.17. The van der Waals surface area contributed by atoms with Crippen LogP contribution in [-0.2, 0) is 35.8 Å². The highest BCUT2D eigenvalue weighted by molar-refractivity contribution is 7.87.